The molecule has 1 heterocycles. The maximum atomic E-state index is 12.0. The van der Waals surface area contributed by atoms with Crippen molar-refractivity contribution in [3.8, 4) is 6.07 Å². The van der Waals surface area contributed by atoms with E-state index < -0.39 is 11.2 Å². The molecule has 0 aromatic carbocycles. The maximum absolute atomic E-state index is 12.0. The summed E-state index contributed by atoms with van der Waals surface area (Å²) < 4.78 is 1.79. The lowest BCUT2D eigenvalue weighted by Crippen LogP contribution is -2.58. The largest absolute Gasteiger partial charge is 0.390 e. The quantitative estimate of drug-likeness (QED) is 0.543. The molecule has 5 nitrogen and oxygen atoms in total. The molecule has 0 aliphatic heterocycles. The molecule has 0 spiro atoms. The first-order valence-electron chi connectivity index (χ1n) is 14.8. The van der Waals surface area contributed by atoms with Gasteiger partial charge in [0.1, 0.15) is 6.07 Å². The second kappa shape index (κ2) is 8.06. The van der Waals surface area contributed by atoms with E-state index >= 15 is 0 Å². The van der Waals surface area contributed by atoms with Crippen molar-refractivity contribution < 1.29 is 10.2 Å². The Bertz CT molecular complexity index is 1060. The highest BCUT2D eigenvalue weighted by atomic mass is 16.3. The molecule has 1 aromatic rings. The van der Waals surface area contributed by atoms with Gasteiger partial charge in [0.15, 0.2) is 0 Å². The fourth-order valence-electron chi connectivity index (χ4n) is 11.5. The number of hydrogen-bond acceptors (Lipinski definition) is 4. The van der Waals surface area contributed by atoms with Crippen molar-refractivity contribution in [1.29, 1.82) is 5.26 Å². The van der Waals surface area contributed by atoms with Gasteiger partial charge in [-0.25, -0.2) is 0 Å². The summed E-state index contributed by atoms with van der Waals surface area (Å²) in [5.74, 6) is 5.20. The molecule has 12 unspecified atom stereocenters. The van der Waals surface area contributed by atoms with Crippen molar-refractivity contribution in [1.82, 2.24) is 9.78 Å². The number of nitriles is 1. The zero-order valence-corrected chi connectivity index (χ0v) is 23.1. The van der Waals surface area contributed by atoms with E-state index in [1.165, 1.54) is 32.1 Å². The van der Waals surface area contributed by atoms with Crippen molar-refractivity contribution in [3.63, 3.8) is 0 Å². The summed E-state index contributed by atoms with van der Waals surface area (Å²) in [4.78, 5) is 0. The minimum absolute atomic E-state index is 0.165. The number of hydrogen-bond donors (Lipinski definition) is 2. The number of aliphatic hydroxyl groups is 2. The molecular formula is C31H47N3O2. The molecule has 2 N–H and O–H groups in total. The van der Waals surface area contributed by atoms with E-state index in [1.807, 2.05) is 6.92 Å². The Hall–Kier alpha value is -1.38. The second-order valence-corrected chi connectivity index (χ2v) is 14.7. The topological polar surface area (TPSA) is 82.1 Å². The summed E-state index contributed by atoms with van der Waals surface area (Å²) in [6.45, 7) is 12.2. The first-order chi connectivity index (χ1) is 17.0. The fourth-order valence-corrected chi connectivity index (χ4v) is 11.5. The lowest BCUT2D eigenvalue weighted by molar-refractivity contribution is -0.172. The van der Waals surface area contributed by atoms with Gasteiger partial charge in [-0.1, -0.05) is 34.1 Å². The van der Waals surface area contributed by atoms with Crippen LogP contribution in [0.15, 0.2) is 12.4 Å². The van der Waals surface area contributed by atoms with E-state index in [-0.39, 0.29) is 11.3 Å². The fraction of sp³-hybridized carbons (Fsp3) is 0.871. The molecule has 1 aromatic heterocycles. The molecule has 12 atom stereocenters. The molecule has 5 heteroatoms. The Morgan fingerprint density at radius 2 is 1.94 bits per heavy atom. The molecule has 0 bridgehead atoms. The summed E-state index contributed by atoms with van der Waals surface area (Å²) in [5, 5.41) is 37.0. The molecule has 6 rings (SSSR count). The van der Waals surface area contributed by atoms with Crippen LogP contribution >= 0.6 is 0 Å². The van der Waals surface area contributed by atoms with E-state index in [9.17, 15) is 15.5 Å². The SMILES string of the molecule is CCCC1(O)CCC2(C)C(CCC3C2CCC2(C)C3C3C(C)C3C2C(C)(O)Cn2cc(C#N)cn2)C1. The molecule has 5 fully saturated rings. The van der Waals surface area contributed by atoms with E-state index in [4.69, 9.17) is 0 Å². The van der Waals surface area contributed by atoms with Crippen LogP contribution in [0.25, 0.3) is 0 Å². The number of aromatic nitrogens is 2. The van der Waals surface area contributed by atoms with Crippen LogP contribution in [0, 0.1) is 69.5 Å². The smallest absolute Gasteiger partial charge is 0.102 e. The van der Waals surface area contributed by atoms with Gasteiger partial charge in [0, 0.05) is 6.20 Å². The van der Waals surface area contributed by atoms with Crippen LogP contribution in [0.3, 0.4) is 0 Å². The predicted molar refractivity (Wildman–Crippen MR) is 140 cm³/mol. The van der Waals surface area contributed by atoms with Gasteiger partial charge >= 0.3 is 0 Å². The molecule has 198 valence electrons. The Balaban J connectivity index is 1.27. The third-order valence-corrected chi connectivity index (χ3v) is 12.8. The second-order valence-electron chi connectivity index (χ2n) is 14.7. The van der Waals surface area contributed by atoms with Gasteiger partial charge in [0.2, 0.25) is 0 Å². The average Bonchev–Trinajstić information content (AvgIpc) is 3.14. The number of fused-ring (bicyclic) bond motifs is 7. The molecule has 5 saturated carbocycles. The molecular weight excluding hydrogens is 446 g/mol. The zero-order chi connectivity index (χ0) is 25.7. The Labute approximate surface area is 217 Å². The lowest BCUT2D eigenvalue weighted by Gasteiger charge is -2.63. The van der Waals surface area contributed by atoms with Crippen molar-refractivity contribution in [2.24, 2.45) is 58.2 Å². The molecule has 5 aliphatic rings. The van der Waals surface area contributed by atoms with Gasteiger partial charge in [-0.05, 0) is 116 Å². The number of nitrogens with zero attached hydrogens (tertiary/aromatic N) is 3. The third-order valence-electron chi connectivity index (χ3n) is 12.8. The van der Waals surface area contributed by atoms with E-state index in [1.54, 1.807) is 17.1 Å². The highest BCUT2D eigenvalue weighted by Crippen LogP contribution is 2.79. The van der Waals surface area contributed by atoms with Gasteiger partial charge in [0.05, 0.1) is 29.5 Å². The van der Waals surface area contributed by atoms with Crippen LogP contribution in [0.5, 0.6) is 0 Å². The minimum Gasteiger partial charge on any atom is -0.390 e. The van der Waals surface area contributed by atoms with Crippen LogP contribution in [-0.4, -0.2) is 31.2 Å². The molecule has 36 heavy (non-hydrogen) atoms. The minimum atomic E-state index is -0.842. The van der Waals surface area contributed by atoms with Crippen molar-refractivity contribution in [2.45, 2.75) is 110 Å². The summed E-state index contributed by atoms with van der Waals surface area (Å²) in [6.07, 6.45) is 13.7. The third kappa shape index (κ3) is 3.42. The lowest BCUT2D eigenvalue weighted by atomic mass is 9.42. The van der Waals surface area contributed by atoms with Crippen LogP contribution in [-0.2, 0) is 6.54 Å². The van der Waals surface area contributed by atoms with Crippen LogP contribution in [0.4, 0.5) is 0 Å². The highest BCUT2D eigenvalue weighted by molar-refractivity contribution is 5.24. The van der Waals surface area contributed by atoms with Crippen LogP contribution < -0.4 is 0 Å². The van der Waals surface area contributed by atoms with E-state index in [0.29, 0.717) is 41.2 Å². The monoisotopic (exact) mass is 493 g/mol. The van der Waals surface area contributed by atoms with Crippen LogP contribution in [0.2, 0.25) is 0 Å². The molecule has 0 radical (unpaired) electrons. The van der Waals surface area contributed by atoms with E-state index in [0.717, 1.165) is 43.4 Å². The first kappa shape index (κ1) is 24.9. The maximum Gasteiger partial charge on any atom is 0.102 e. The van der Waals surface area contributed by atoms with Gasteiger partial charge in [-0.3, -0.25) is 4.68 Å². The summed E-state index contributed by atoms with van der Waals surface area (Å²) >= 11 is 0. The average molecular weight is 494 g/mol. The van der Waals surface area contributed by atoms with Gasteiger partial charge < -0.3 is 10.2 Å². The standard InChI is InChI=1S/C31H47N3O2/c1-6-10-31(36)13-12-28(3)21(14-31)7-8-22-23(28)9-11-29(4)26(22)24-19(2)25(24)27(29)30(5,35)18-34-17-20(15-32)16-33-34/h16-17,19,21-27,35-36H,6-14,18H2,1-5H3. The Morgan fingerprint density at radius 1 is 1.17 bits per heavy atom. The Kier molecular flexibility index (Phi) is 5.58. The normalized spacial score (nSPS) is 50.7. The molecule has 5 aliphatic carbocycles. The van der Waals surface area contributed by atoms with Crippen molar-refractivity contribution in [3.05, 3.63) is 18.0 Å². The first-order valence-corrected chi connectivity index (χ1v) is 14.8. The molecule has 0 saturated heterocycles. The summed E-state index contributed by atoms with van der Waals surface area (Å²) in [7, 11) is 0. The Morgan fingerprint density at radius 3 is 2.64 bits per heavy atom. The van der Waals surface area contributed by atoms with Gasteiger partial charge in [0.25, 0.3) is 0 Å². The van der Waals surface area contributed by atoms with Crippen molar-refractivity contribution >= 4 is 0 Å². The predicted octanol–water partition coefficient (Wildman–Crippen LogP) is 5.80. The highest BCUT2D eigenvalue weighted by Gasteiger charge is 2.76. The van der Waals surface area contributed by atoms with E-state index in [2.05, 4.69) is 38.9 Å². The molecule has 0 amide bonds. The van der Waals surface area contributed by atoms with Gasteiger partial charge in [-0.15, -0.1) is 0 Å². The summed E-state index contributed by atoms with van der Waals surface area (Å²) in [5.41, 5.74) is -0.187. The zero-order valence-electron chi connectivity index (χ0n) is 23.1. The van der Waals surface area contributed by atoms with Crippen LogP contribution in [0.1, 0.15) is 98.0 Å². The number of rotatable bonds is 5. The van der Waals surface area contributed by atoms with Gasteiger partial charge in [-0.2, -0.15) is 10.4 Å². The van der Waals surface area contributed by atoms with Crippen molar-refractivity contribution in [2.75, 3.05) is 0 Å². The summed E-state index contributed by atoms with van der Waals surface area (Å²) in [6, 6.07) is 2.17.